The SMILES string of the molecule is Fc1ccc(CNc2c(F)c(F)c(F)c(F)c2F)cc1F. The first kappa shape index (κ1) is 15.1. The lowest BCUT2D eigenvalue weighted by Gasteiger charge is -2.11. The predicted molar refractivity (Wildman–Crippen MR) is 59.9 cm³/mol. The van der Waals surface area contributed by atoms with Crippen molar-refractivity contribution in [3.63, 3.8) is 0 Å². The second-order valence-electron chi connectivity index (χ2n) is 4.05. The Morgan fingerprint density at radius 3 is 1.71 bits per heavy atom. The zero-order valence-electron chi connectivity index (χ0n) is 10.1. The highest BCUT2D eigenvalue weighted by Gasteiger charge is 2.25. The van der Waals surface area contributed by atoms with Crippen molar-refractivity contribution in [2.45, 2.75) is 6.54 Å². The van der Waals surface area contributed by atoms with E-state index in [0.717, 1.165) is 18.2 Å². The van der Waals surface area contributed by atoms with Gasteiger partial charge in [0.05, 0.1) is 0 Å². The van der Waals surface area contributed by atoms with Crippen LogP contribution in [0.3, 0.4) is 0 Å². The smallest absolute Gasteiger partial charge is 0.200 e. The molecule has 1 nitrogen and oxygen atoms in total. The fourth-order valence-electron chi connectivity index (χ4n) is 1.60. The third-order valence-electron chi connectivity index (χ3n) is 2.66. The van der Waals surface area contributed by atoms with Crippen LogP contribution in [0.2, 0.25) is 0 Å². The van der Waals surface area contributed by atoms with Crippen LogP contribution in [0.4, 0.5) is 36.4 Å². The van der Waals surface area contributed by atoms with E-state index in [9.17, 15) is 30.7 Å². The second-order valence-corrected chi connectivity index (χ2v) is 4.05. The summed E-state index contributed by atoms with van der Waals surface area (Å²) < 4.78 is 91.0. The number of benzene rings is 2. The monoisotopic (exact) mass is 309 g/mol. The normalized spacial score (nSPS) is 10.8. The number of hydrogen-bond acceptors (Lipinski definition) is 1. The number of rotatable bonds is 3. The van der Waals surface area contributed by atoms with Gasteiger partial charge < -0.3 is 5.32 Å². The molecule has 0 heterocycles. The van der Waals surface area contributed by atoms with Gasteiger partial charge in [0.25, 0.3) is 0 Å². The zero-order valence-corrected chi connectivity index (χ0v) is 10.1. The lowest BCUT2D eigenvalue weighted by molar-refractivity contribution is 0.381. The summed E-state index contributed by atoms with van der Waals surface area (Å²) in [6.45, 7) is -0.463. The summed E-state index contributed by atoms with van der Waals surface area (Å²) in [5.41, 5.74) is -1.19. The van der Waals surface area contributed by atoms with Crippen molar-refractivity contribution < 1.29 is 30.7 Å². The molecule has 21 heavy (non-hydrogen) atoms. The highest BCUT2D eigenvalue weighted by molar-refractivity contribution is 5.48. The quantitative estimate of drug-likeness (QED) is 0.507. The molecular weight excluding hydrogens is 303 g/mol. The van der Waals surface area contributed by atoms with Crippen LogP contribution in [0, 0.1) is 40.7 Å². The van der Waals surface area contributed by atoms with Crippen LogP contribution in [0.15, 0.2) is 18.2 Å². The van der Waals surface area contributed by atoms with Gasteiger partial charge in [0, 0.05) is 6.54 Å². The van der Waals surface area contributed by atoms with Gasteiger partial charge in [-0.05, 0) is 17.7 Å². The van der Waals surface area contributed by atoms with Gasteiger partial charge >= 0.3 is 0 Å². The predicted octanol–water partition coefficient (Wildman–Crippen LogP) is 4.27. The molecule has 2 aromatic carbocycles. The van der Waals surface area contributed by atoms with Gasteiger partial charge in [0.2, 0.25) is 5.82 Å². The average Bonchev–Trinajstić information content (AvgIpc) is 2.46. The third-order valence-corrected chi connectivity index (χ3v) is 2.66. The van der Waals surface area contributed by atoms with E-state index in [1.54, 1.807) is 0 Å². The highest BCUT2D eigenvalue weighted by atomic mass is 19.2. The summed E-state index contributed by atoms with van der Waals surface area (Å²) in [6.07, 6.45) is 0. The molecule has 0 atom stereocenters. The first-order chi connectivity index (χ1) is 9.82. The summed E-state index contributed by atoms with van der Waals surface area (Å²) in [7, 11) is 0. The van der Waals surface area contributed by atoms with Crippen LogP contribution < -0.4 is 5.32 Å². The van der Waals surface area contributed by atoms with E-state index in [1.807, 2.05) is 5.32 Å². The van der Waals surface area contributed by atoms with Crippen LogP contribution in [0.1, 0.15) is 5.56 Å². The van der Waals surface area contributed by atoms with Crippen LogP contribution in [0.25, 0.3) is 0 Å². The minimum absolute atomic E-state index is 0.0536. The van der Waals surface area contributed by atoms with E-state index < -0.39 is 53.0 Å². The Kier molecular flexibility index (Phi) is 4.06. The Balaban J connectivity index is 2.30. The molecule has 0 saturated heterocycles. The topological polar surface area (TPSA) is 12.0 Å². The van der Waals surface area contributed by atoms with E-state index in [-0.39, 0.29) is 5.56 Å². The maximum Gasteiger partial charge on any atom is 0.200 e. The molecule has 0 radical (unpaired) electrons. The average molecular weight is 309 g/mol. The van der Waals surface area contributed by atoms with Gasteiger partial charge in [0.1, 0.15) is 5.69 Å². The molecule has 2 aromatic rings. The Hall–Kier alpha value is -2.25. The van der Waals surface area contributed by atoms with Gasteiger partial charge in [-0.15, -0.1) is 0 Å². The van der Waals surface area contributed by atoms with E-state index >= 15 is 0 Å². The van der Waals surface area contributed by atoms with E-state index in [4.69, 9.17) is 0 Å². The summed E-state index contributed by atoms with van der Waals surface area (Å²) in [4.78, 5) is 0. The largest absolute Gasteiger partial charge is 0.376 e. The summed E-state index contributed by atoms with van der Waals surface area (Å²) >= 11 is 0. The summed E-state index contributed by atoms with van der Waals surface area (Å²) in [6, 6.07) is 2.59. The molecule has 1 N–H and O–H groups in total. The maximum absolute atomic E-state index is 13.3. The number of nitrogens with one attached hydrogen (secondary N) is 1. The minimum Gasteiger partial charge on any atom is -0.376 e. The van der Waals surface area contributed by atoms with Crippen LogP contribution >= 0.6 is 0 Å². The molecule has 0 unspecified atom stereocenters. The highest BCUT2D eigenvalue weighted by Crippen LogP contribution is 2.27. The molecule has 112 valence electrons. The van der Waals surface area contributed by atoms with Crippen molar-refractivity contribution in [2.75, 3.05) is 5.32 Å². The molecule has 8 heteroatoms. The van der Waals surface area contributed by atoms with Gasteiger partial charge in [-0.1, -0.05) is 6.07 Å². The van der Waals surface area contributed by atoms with Crippen LogP contribution in [-0.2, 0) is 6.54 Å². The molecular formula is C13H6F7N. The third kappa shape index (κ3) is 2.79. The Labute approximate surface area is 114 Å². The molecule has 0 spiro atoms. The molecule has 0 aliphatic heterocycles. The first-order valence-electron chi connectivity index (χ1n) is 5.52. The van der Waals surface area contributed by atoms with Crippen molar-refractivity contribution in [2.24, 2.45) is 0 Å². The molecule has 0 bridgehead atoms. The molecule has 0 aliphatic rings. The first-order valence-corrected chi connectivity index (χ1v) is 5.52. The molecule has 0 amide bonds. The van der Waals surface area contributed by atoms with E-state index in [2.05, 4.69) is 0 Å². The zero-order chi connectivity index (χ0) is 15.7. The van der Waals surface area contributed by atoms with Gasteiger partial charge in [-0.3, -0.25) is 0 Å². The number of hydrogen-bond donors (Lipinski definition) is 1. The second kappa shape index (κ2) is 5.63. The van der Waals surface area contributed by atoms with E-state index in [1.165, 1.54) is 0 Å². The van der Waals surface area contributed by atoms with Crippen LogP contribution in [-0.4, -0.2) is 0 Å². The molecule has 0 fully saturated rings. The molecule has 0 aliphatic carbocycles. The summed E-state index contributed by atoms with van der Waals surface area (Å²) in [5, 5.41) is 1.97. The van der Waals surface area contributed by atoms with Crippen molar-refractivity contribution in [3.05, 3.63) is 64.5 Å². The molecule has 0 aromatic heterocycles. The van der Waals surface area contributed by atoms with Crippen LogP contribution in [0.5, 0.6) is 0 Å². The van der Waals surface area contributed by atoms with Crippen molar-refractivity contribution >= 4 is 5.69 Å². The lowest BCUT2D eigenvalue weighted by atomic mass is 10.2. The fraction of sp³-hybridized carbons (Fsp3) is 0.0769. The minimum atomic E-state index is -2.27. The molecule has 2 rings (SSSR count). The van der Waals surface area contributed by atoms with E-state index in [0.29, 0.717) is 0 Å². The van der Waals surface area contributed by atoms with Crippen molar-refractivity contribution in [1.29, 1.82) is 0 Å². The Morgan fingerprint density at radius 1 is 0.667 bits per heavy atom. The number of anilines is 1. The van der Waals surface area contributed by atoms with Gasteiger partial charge in [-0.25, -0.2) is 30.7 Å². The number of halogens is 7. The maximum atomic E-state index is 13.3. The summed E-state index contributed by atoms with van der Waals surface area (Å²) in [5.74, 6) is -12.9. The Morgan fingerprint density at radius 2 is 1.19 bits per heavy atom. The standard InChI is InChI=1S/C13H6F7N/c14-6-2-1-5(3-7(6)15)4-21-13-11(19)9(17)8(16)10(18)12(13)20/h1-3,21H,4H2. The van der Waals surface area contributed by atoms with Crippen molar-refractivity contribution in [1.82, 2.24) is 0 Å². The lowest BCUT2D eigenvalue weighted by Crippen LogP contribution is -2.10. The fourth-order valence-corrected chi connectivity index (χ4v) is 1.60. The molecule has 0 saturated carbocycles. The van der Waals surface area contributed by atoms with Gasteiger partial charge in [-0.2, -0.15) is 0 Å². The Bertz CT molecular complexity index is 670. The van der Waals surface area contributed by atoms with Crippen molar-refractivity contribution in [3.8, 4) is 0 Å². The van der Waals surface area contributed by atoms with Gasteiger partial charge in [0.15, 0.2) is 34.9 Å².